The summed E-state index contributed by atoms with van der Waals surface area (Å²) in [5, 5.41) is 4.65. The molecular formula is C12H10BrNO2S. The monoisotopic (exact) mass is 311 g/mol. The van der Waals surface area contributed by atoms with Gasteiger partial charge < -0.3 is 10.1 Å². The van der Waals surface area contributed by atoms with Crippen LogP contribution in [0.4, 0.5) is 5.69 Å². The van der Waals surface area contributed by atoms with Crippen molar-refractivity contribution in [3.05, 3.63) is 45.1 Å². The Bertz CT molecular complexity index is 522. The van der Waals surface area contributed by atoms with Crippen LogP contribution in [0.1, 0.15) is 9.67 Å². The SMILES string of the molecule is COc1ccsc1C(=O)Nc1ccc(Br)cc1. The number of benzene rings is 1. The lowest BCUT2D eigenvalue weighted by Gasteiger charge is -2.05. The summed E-state index contributed by atoms with van der Waals surface area (Å²) in [6.45, 7) is 0. The molecule has 0 unspecified atom stereocenters. The summed E-state index contributed by atoms with van der Waals surface area (Å²) in [5.41, 5.74) is 0.758. The van der Waals surface area contributed by atoms with Gasteiger partial charge in [0, 0.05) is 10.2 Å². The quantitative estimate of drug-likeness (QED) is 0.937. The molecule has 3 nitrogen and oxygen atoms in total. The van der Waals surface area contributed by atoms with E-state index in [2.05, 4.69) is 21.2 Å². The number of carbonyl (C=O) groups is 1. The topological polar surface area (TPSA) is 38.3 Å². The Morgan fingerprint density at radius 2 is 2.00 bits per heavy atom. The molecule has 0 aliphatic carbocycles. The van der Waals surface area contributed by atoms with E-state index in [1.807, 2.05) is 29.6 Å². The number of hydrogen-bond donors (Lipinski definition) is 1. The Labute approximate surface area is 112 Å². The van der Waals surface area contributed by atoms with Crippen LogP contribution in [0, 0.1) is 0 Å². The predicted molar refractivity (Wildman–Crippen MR) is 73.0 cm³/mol. The fraction of sp³-hybridized carbons (Fsp3) is 0.0833. The second-order valence-corrected chi connectivity index (χ2v) is 5.11. The van der Waals surface area contributed by atoms with E-state index in [0.717, 1.165) is 10.2 Å². The fourth-order valence-corrected chi connectivity index (χ4v) is 2.36. The number of amides is 1. The van der Waals surface area contributed by atoms with E-state index in [1.54, 1.807) is 13.2 Å². The molecule has 1 aromatic heterocycles. The number of halogens is 1. The standard InChI is InChI=1S/C12H10BrNO2S/c1-16-10-6-7-17-11(10)12(15)14-9-4-2-8(13)3-5-9/h2-7H,1H3,(H,14,15). The first-order valence-corrected chi connectivity index (χ1v) is 6.56. The zero-order chi connectivity index (χ0) is 12.3. The molecule has 0 saturated carbocycles. The van der Waals surface area contributed by atoms with Crippen molar-refractivity contribution in [3.8, 4) is 5.75 Å². The number of methoxy groups -OCH3 is 1. The Balaban J connectivity index is 2.14. The first-order chi connectivity index (χ1) is 8.20. The van der Waals surface area contributed by atoms with Crippen LogP contribution in [0.5, 0.6) is 5.75 Å². The number of hydrogen-bond acceptors (Lipinski definition) is 3. The van der Waals surface area contributed by atoms with Gasteiger partial charge in [0.05, 0.1) is 7.11 Å². The van der Waals surface area contributed by atoms with E-state index < -0.39 is 0 Å². The van der Waals surface area contributed by atoms with Gasteiger partial charge in [-0.15, -0.1) is 11.3 Å². The molecule has 0 atom stereocenters. The van der Waals surface area contributed by atoms with Crippen LogP contribution < -0.4 is 10.1 Å². The molecule has 0 fully saturated rings. The Morgan fingerprint density at radius 3 is 2.65 bits per heavy atom. The lowest BCUT2D eigenvalue weighted by molar-refractivity contribution is 0.102. The molecule has 1 N–H and O–H groups in total. The van der Waals surface area contributed by atoms with Crippen LogP contribution in [-0.4, -0.2) is 13.0 Å². The number of thiophene rings is 1. The molecule has 2 aromatic rings. The minimum Gasteiger partial charge on any atom is -0.495 e. The third kappa shape index (κ3) is 2.87. The lowest BCUT2D eigenvalue weighted by Crippen LogP contribution is -2.11. The van der Waals surface area contributed by atoms with Gasteiger partial charge in [0.1, 0.15) is 10.6 Å². The van der Waals surface area contributed by atoms with Gasteiger partial charge in [-0.1, -0.05) is 15.9 Å². The average Bonchev–Trinajstić information content (AvgIpc) is 2.80. The second-order valence-electron chi connectivity index (χ2n) is 3.28. The Hall–Kier alpha value is -1.33. The number of anilines is 1. The van der Waals surface area contributed by atoms with E-state index in [4.69, 9.17) is 4.74 Å². The first-order valence-electron chi connectivity index (χ1n) is 4.89. The molecule has 17 heavy (non-hydrogen) atoms. The summed E-state index contributed by atoms with van der Waals surface area (Å²) in [4.78, 5) is 12.5. The van der Waals surface area contributed by atoms with E-state index in [9.17, 15) is 4.79 Å². The Morgan fingerprint density at radius 1 is 1.29 bits per heavy atom. The van der Waals surface area contributed by atoms with E-state index in [0.29, 0.717) is 10.6 Å². The van der Waals surface area contributed by atoms with Crippen LogP contribution >= 0.6 is 27.3 Å². The van der Waals surface area contributed by atoms with Crippen molar-refractivity contribution < 1.29 is 9.53 Å². The average molecular weight is 312 g/mol. The van der Waals surface area contributed by atoms with Crippen molar-refractivity contribution in [2.24, 2.45) is 0 Å². The van der Waals surface area contributed by atoms with Crippen molar-refractivity contribution in [1.29, 1.82) is 0 Å². The fourth-order valence-electron chi connectivity index (χ4n) is 1.34. The summed E-state index contributed by atoms with van der Waals surface area (Å²) in [6.07, 6.45) is 0. The van der Waals surface area contributed by atoms with E-state index in [1.165, 1.54) is 11.3 Å². The third-order valence-electron chi connectivity index (χ3n) is 2.16. The largest absolute Gasteiger partial charge is 0.495 e. The lowest BCUT2D eigenvalue weighted by atomic mass is 10.3. The minimum atomic E-state index is -0.154. The zero-order valence-corrected chi connectivity index (χ0v) is 11.5. The van der Waals surface area contributed by atoms with Crippen molar-refractivity contribution in [1.82, 2.24) is 0 Å². The summed E-state index contributed by atoms with van der Waals surface area (Å²) >= 11 is 4.70. The smallest absolute Gasteiger partial charge is 0.269 e. The van der Waals surface area contributed by atoms with Crippen LogP contribution in [0.3, 0.4) is 0 Å². The number of rotatable bonds is 3. The summed E-state index contributed by atoms with van der Waals surface area (Å²) in [5.74, 6) is 0.448. The molecule has 0 aliphatic rings. The highest BCUT2D eigenvalue weighted by Gasteiger charge is 2.13. The zero-order valence-electron chi connectivity index (χ0n) is 9.07. The third-order valence-corrected chi connectivity index (χ3v) is 3.58. The number of carbonyl (C=O) groups excluding carboxylic acids is 1. The van der Waals surface area contributed by atoms with Gasteiger partial charge in [0.15, 0.2) is 0 Å². The van der Waals surface area contributed by atoms with Gasteiger partial charge in [-0.05, 0) is 35.7 Å². The molecule has 88 valence electrons. The molecule has 0 aliphatic heterocycles. The molecule has 2 rings (SSSR count). The van der Waals surface area contributed by atoms with Crippen LogP contribution in [0.15, 0.2) is 40.2 Å². The predicted octanol–water partition coefficient (Wildman–Crippen LogP) is 3.77. The maximum atomic E-state index is 11.9. The highest BCUT2D eigenvalue weighted by Crippen LogP contribution is 2.25. The van der Waals surface area contributed by atoms with Gasteiger partial charge in [-0.3, -0.25) is 4.79 Å². The van der Waals surface area contributed by atoms with Gasteiger partial charge in [0.2, 0.25) is 0 Å². The highest BCUT2D eigenvalue weighted by atomic mass is 79.9. The number of ether oxygens (including phenoxy) is 1. The summed E-state index contributed by atoms with van der Waals surface area (Å²) in [6, 6.07) is 9.20. The molecule has 0 radical (unpaired) electrons. The van der Waals surface area contributed by atoms with Crippen molar-refractivity contribution in [3.63, 3.8) is 0 Å². The molecule has 1 amide bonds. The van der Waals surface area contributed by atoms with E-state index in [-0.39, 0.29) is 5.91 Å². The van der Waals surface area contributed by atoms with Crippen molar-refractivity contribution in [2.75, 3.05) is 12.4 Å². The maximum Gasteiger partial charge on any atom is 0.269 e. The van der Waals surface area contributed by atoms with Crippen molar-refractivity contribution >= 4 is 38.9 Å². The highest BCUT2D eigenvalue weighted by molar-refractivity contribution is 9.10. The molecular weight excluding hydrogens is 302 g/mol. The molecule has 1 aromatic carbocycles. The molecule has 0 spiro atoms. The van der Waals surface area contributed by atoms with Gasteiger partial charge >= 0.3 is 0 Å². The van der Waals surface area contributed by atoms with Crippen LogP contribution in [-0.2, 0) is 0 Å². The van der Waals surface area contributed by atoms with Crippen LogP contribution in [0.25, 0.3) is 0 Å². The minimum absolute atomic E-state index is 0.154. The molecule has 5 heteroatoms. The summed E-state index contributed by atoms with van der Waals surface area (Å²) < 4.78 is 6.08. The molecule has 0 saturated heterocycles. The normalized spacial score (nSPS) is 10.0. The second kappa shape index (κ2) is 5.33. The first kappa shape index (κ1) is 12.1. The van der Waals surface area contributed by atoms with Crippen LogP contribution in [0.2, 0.25) is 0 Å². The van der Waals surface area contributed by atoms with Gasteiger partial charge in [0.25, 0.3) is 5.91 Å². The molecule has 1 heterocycles. The molecule has 0 bridgehead atoms. The van der Waals surface area contributed by atoms with E-state index >= 15 is 0 Å². The van der Waals surface area contributed by atoms with Gasteiger partial charge in [-0.2, -0.15) is 0 Å². The number of nitrogens with one attached hydrogen (secondary N) is 1. The van der Waals surface area contributed by atoms with Crippen molar-refractivity contribution in [2.45, 2.75) is 0 Å². The summed E-state index contributed by atoms with van der Waals surface area (Å²) in [7, 11) is 1.55. The Kier molecular flexibility index (Phi) is 3.81. The van der Waals surface area contributed by atoms with Gasteiger partial charge in [-0.25, -0.2) is 0 Å². The maximum absolute atomic E-state index is 11.9.